The number of halogens is 1. The lowest BCUT2D eigenvalue weighted by molar-refractivity contribution is 0.608. The molecular formula is C13H15FN6. The van der Waals surface area contributed by atoms with Gasteiger partial charge in [0, 0.05) is 12.7 Å². The minimum Gasteiger partial charge on any atom is -0.369 e. The summed E-state index contributed by atoms with van der Waals surface area (Å²) in [7, 11) is 0. The highest BCUT2D eigenvalue weighted by Gasteiger charge is 2.36. The van der Waals surface area contributed by atoms with Crippen LogP contribution in [0, 0.1) is 11.2 Å². The number of anilines is 2. The second kappa shape index (κ2) is 4.66. The SMILES string of the molecule is CC1(CNc2ccnc(-c3nc(N)ncc3F)n2)CC1. The third-order valence-electron chi connectivity index (χ3n) is 3.43. The van der Waals surface area contributed by atoms with Gasteiger partial charge in [0.1, 0.15) is 11.5 Å². The average molecular weight is 274 g/mol. The molecule has 0 aromatic carbocycles. The fourth-order valence-electron chi connectivity index (χ4n) is 1.80. The molecule has 0 bridgehead atoms. The van der Waals surface area contributed by atoms with Gasteiger partial charge < -0.3 is 11.1 Å². The van der Waals surface area contributed by atoms with Gasteiger partial charge in [-0.2, -0.15) is 0 Å². The first-order valence-electron chi connectivity index (χ1n) is 6.41. The van der Waals surface area contributed by atoms with Crippen molar-refractivity contribution < 1.29 is 4.39 Å². The minimum atomic E-state index is -0.592. The monoisotopic (exact) mass is 274 g/mol. The van der Waals surface area contributed by atoms with E-state index in [4.69, 9.17) is 5.73 Å². The summed E-state index contributed by atoms with van der Waals surface area (Å²) < 4.78 is 13.7. The van der Waals surface area contributed by atoms with E-state index in [0.717, 1.165) is 12.7 Å². The van der Waals surface area contributed by atoms with Crippen LogP contribution in [-0.2, 0) is 0 Å². The number of rotatable bonds is 4. The quantitative estimate of drug-likeness (QED) is 0.884. The van der Waals surface area contributed by atoms with Crippen LogP contribution < -0.4 is 11.1 Å². The molecular weight excluding hydrogens is 259 g/mol. The number of aromatic nitrogens is 4. The van der Waals surface area contributed by atoms with Crippen LogP contribution >= 0.6 is 0 Å². The van der Waals surface area contributed by atoms with Crippen LogP contribution in [0.1, 0.15) is 19.8 Å². The van der Waals surface area contributed by atoms with Crippen molar-refractivity contribution in [1.29, 1.82) is 0 Å². The van der Waals surface area contributed by atoms with Gasteiger partial charge in [-0.3, -0.25) is 0 Å². The molecule has 0 unspecified atom stereocenters. The zero-order valence-corrected chi connectivity index (χ0v) is 11.1. The number of nitrogens with zero attached hydrogens (tertiary/aromatic N) is 4. The number of hydrogen-bond donors (Lipinski definition) is 2. The average Bonchev–Trinajstić information content (AvgIpc) is 3.18. The Labute approximate surface area is 115 Å². The second-order valence-corrected chi connectivity index (χ2v) is 5.35. The minimum absolute atomic E-state index is 0.00569. The van der Waals surface area contributed by atoms with Crippen molar-refractivity contribution in [2.24, 2.45) is 5.41 Å². The first-order valence-corrected chi connectivity index (χ1v) is 6.41. The molecule has 1 saturated carbocycles. The van der Waals surface area contributed by atoms with Gasteiger partial charge in [-0.05, 0) is 24.3 Å². The highest BCUT2D eigenvalue weighted by Crippen LogP contribution is 2.44. The van der Waals surface area contributed by atoms with Gasteiger partial charge in [0.05, 0.1) is 6.20 Å². The second-order valence-electron chi connectivity index (χ2n) is 5.35. The summed E-state index contributed by atoms with van der Waals surface area (Å²) in [4.78, 5) is 15.7. The van der Waals surface area contributed by atoms with Crippen LogP contribution in [0.4, 0.5) is 16.2 Å². The molecule has 0 radical (unpaired) electrons. The van der Waals surface area contributed by atoms with Crippen LogP contribution in [-0.4, -0.2) is 26.5 Å². The third kappa shape index (κ3) is 2.66. The zero-order chi connectivity index (χ0) is 14.2. The lowest BCUT2D eigenvalue weighted by atomic mass is 10.1. The van der Waals surface area contributed by atoms with E-state index in [2.05, 4.69) is 32.2 Å². The number of hydrogen-bond acceptors (Lipinski definition) is 6. The Morgan fingerprint density at radius 1 is 1.35 bits per heavy atom. The Balaban J connectivity index is 1.84. The van der Waals surface area contributed by atoms with Crippen LogP contribution in [0.3, 0.4) is 0 Å². The maximum absolute atomic E-state index is 13.7. The van der Waals surface area contributed by atoms with Gasteiger partial charge in [-0.1, -0.05) is 6.92 Å². The van der Waals surface area contributed by atoms with E-state index in [0.29, 0.717) is 11.2 Å². The van der Waals surface area contributed by atoms with Crippen molar-refractivity contribution in [2.45, 2.75) is 19.8 Å². The summed E-state index contributed by atoms with van der Waals surface area (Å²) >= 11 is 0. The molecule has 1 aliphatic rings. The Morgan fingerprint density at radius 3 is 2.90 bits per heavy atom. The van der Waals surface area contributed by atoms with Crippen molar-refractivity contribution in [3.63, 3.8) is 0 Å². The van der Waals surface area contributed by atoms with E-state index < -0.39 is 5.82 Å². The van der Waals surface area contributed by atoms with E-state index in [1.54, 1.807) is 12.3 Å². The van der Waals surface area contributed by atoms with Gasteiger partial charge in [0.25, 0.3) is 0 Å². The van der Waals surface area contributed by atoms with Gasteiger partial charge in [0.2, 0.25) is 5.95 Å². The first-order chi connectivity index (χ1) is 9.56. The van der Waals surface area contributed by atoms with Gasteiger partial charge in [-0.25, -0.2) is 24.3 Å². The molecule has 6 nitrogen and oxygen atoms in total. The van der Waals surface area contributed by atoms with Crippen LogP contribution in [0.15, 0.2) is 18.5 Å². The van der Waals surface area contributed by atoms with Gasteiger partial charge >= 0.3 is 0 Å². The Kier molecular flexibility index (Phi) is 2.96. The summed E-state index contributed by atoms with van der Waals surface area (Å²) in [5.41, 5.74) is 5.84. The molecule has 2 heterocycles. The standard InChI is InChI=1S/C13H15FN6/c1-13(3-4-13)7-18-9-2-5-16-11(19-9)10-8(14)6-17-12(15)20-10/h2,5-6H,3-4,7H2,1H3,(H2,15,17,20)(H,16,18,19). The third-order valence-corrected chi connectivity index (χ3v) is 3.43. The topological polar surface area (TPSA) is 89.6 Å². The molecule has 7 heteroatoms. The van der Waals surface area contributed by atoms with E-state index in [-0.39, 0.29) is 17.5 Å². The molecule has 104 valence electrons. The highest BCUT2D eigenvalue weighted by atomic mass is 19.1. The van der Waals surface area contributed by atoms with Crippen LogP contribution in [0.2, 0.25) is 0 Å². The van der Waals surface area contributed by atoms with E-state index >= 15 is 0 Å². The first kappa shape index (κ1) is 12.7. The fraction of sp³-hybridized carbons (Fsp3) is 0.385. The van der Waals surface area contributed by atoms with Crippen LogP contribution in [0.5, 0.6) is 0 Å². The summed E-state index contributed by atoms with van der Waals surface area (Å²) in [5, 5.41) is 3.24. The molecule has 2 aromatic rings. The molecule has 1 aliphatic carbocycles. The lowest BCUT2D eigenvalue weighted by Gasteiger charge is -2.11. The molecule has 3 rings (SSSR count). The van der Waals surface area contributed by atoms with Crippen molar-refractivity contribution in [1.82, 2.24) is 19.9 Å². The molecule has 2 aromatic heterocycles. The van der Waals surface area contributed by atoms with Gasteiger partial charge in [-0.15, -0.1) is 0 Å². The summed E-state index contributed by atoms with van der Waals surface area (Å²) in [6.07, 6.45) is 5.02. The van der Waals surface area contributed by atoms with E-state index in [1.807, 2.05) is 0 Å². The number of nitrogen functional groups attached to an aromatic ring is 1. The molecule has 0 spiro atoms. The summed E-state index contributed by atoms with van der Waals surface area (Å²) in [6.45, 7) is 3.06. The van der Waals surface area contributed by atoms with E-state index in [1.165, 1.54) is 12.8 Å². The molecule has 3 N–H and O–H groups in total. The Hall–Kier alpha value is -2.31. The van der Waals surface area contributed by atoms with Crippen molar-refractivity contribution in [2.75, 3.05) is 17.6 Å². The maximum Gasteiger partial charge on any atom is 0.220 e. The zero-order valence-electron chi connectivity index (χ0n) is 11.1. The van der Waals surface area contributed by atoms with Gasteiger partial charge in [0.15, 0.2) is 11.6 Å². The highest BCUT2D eigenvalue weighted by molar-refractivity contribution is 5.53. The predicted octanol–water partition coefficient (Wildman–Crippen LogP) is 1.87. The molecule has 20 heavy (non-hydrogen) atoms. The summed E-state index contributed by atoms with van der Waals surface area (Å²) in [6, 6.07) is 1.75. The molecule has 0 aliphatic heterocycles. The van der Waals surface area contributed by atoms with Crippen molar-refractivity contribution in [3.05, 3.63) is 24.3 Å². The largest absolute Gasteiger partial charge is 0.369 e. The predicted molar refractivity (Wildman–Crippen MR) is 73.3 cm³/mol. The molecule has 0 amide bonds. The van der Waals surface area contributed by atoms with Crippen molar-refractivity contribution >= 4 is 11.8 Å². The molecule has 0 saturated heterocycles. The summed E-state index contributed by atoms with van der Waals surface area (Å²) in [5.74, 6) is 0.251. The molecule has 0 atom stereocenters. The Morgan fingerprint density at radius 2 is 2.15 bits per heavy atom. The smallest absolute Gasteiger partial charge is 0.220 e. The van der Waals surface area contributed by atoms with E-state index in [9.17, 15) is 4.39 Å². The Bertz CT molecular complexity index is 641. The number of nitrogens with two attached hydrogens (primary N) is 1. The lowest BCUT2D eigenvalue weighted by Crippen LogP contribution is -2.13. The van der Waals surface area contributed by atoms with Crippen LogP contribution in [0.25, 0.3) is 11.5 Å². The molecule has 1 fully saturated rings. The fourth-order valence-corrected chi connectivity index (χ4v) is 1.80. The maximum atomic E-state index is 13.7. The normalized spacial score (nSPS) is 15.9. The van der Waals surface area contributed by atoms with Crippen molar-refractivity contribution in [3.8, 4) is 11.5 Å². The number of nitrogens with one attached hydrogen (secondary N) is 1.